The van der Waals surface area contributed by atoms with Crippen molar-refractivity contribution < 1.29 is 27.5 Å². The Labute approximate surface area is 172 Å². The first-order chi connectivity index (χ1) is 14.2. The van der Waals surface area contributed by atoms with Crippen molar-refractivity contribution in [2.45, 2.75) is 44.0 Å². The van der Waals surface area contributed by atoms with Crippen molar-refractivity contribution in [3.63, 3.8) is 0 Å². The van der Waals surface area contributed by atoms with E-state index in [1.165, 1.54) is 11.7 Å². The van der Waals surface area contributed by atoms with Crippen LogP contribution < -0.4 is 5.32 Å². The lowest BCUT2D eigenvalue weighted by Crippen LogP contribution is -2.62. The van der Waals surface area contributed by atoms with E-state index >= 15 is 0 Å². The van der Waals surface area contributed by atoms with Crippen molar-refractivity contribution in [3.8, 4) is 0 Å². The molecule has 11 heteroatoms. The minimum Gasteiger partial charge on any atom is -0.366 e. The molecule has 4 heterocycles. The van der Waals surface area contributed by atoms with Crippen LogP contribution in [0.4, 0.5) is 18.0 Å². The first kappa shape index (κ1) is 21.0. The lowest BCUT2D eigenvalue weighted by Gasteiger charge is -2.43. The van der Waals surface area contributed by atoms with E-state index in [1.54, 1.807) is 9.80 Å². The zero-order chi connectivity index (χ0) is 21.5. The maximum atomic E-state index is 12.9. The van der Waals surface area contributed by atoms with Gasteiger partial charge in [0, 0.05) is 38.9 Å². The van der Waals surface area contributed by atoms with Gasteiger partial charge in [-0.1, -0.05) is 0 Å². The van der Waals surface area contributed by atoms with E-state index in [0.29, 0.717) is 44.7 Å². The molecule has 4 rings (SSSR count). The molecule has 1 aromatic heterocycles. The smallest absolute Gasteiger partial charge is 0.366 e. The quantitative estimate of drug-likeness (QED) is 0.771. The van der Waals surface area contributed by atoms with Crippen molar-refractivity contribution in [1.82, 2.24) is 24.9 Å². The molecule has 0 bridgehead atoms. The van der Waals surface area contributed by atoms with E-state index in [-0.39, 0.29) is 36.6 Å². The number of amides is 3. The Morgan fingerprint density at radius 2 is 1.93 bits per heavy atom. The van der Waals surface area contributed by atoms with Crippen molar-refractivity contribution in [2.24, 2.45) is 13.0 Å². The SMILES string of the molecule is Cn1nc(C(F)(F)F)cc1CC1CCN(C(=O)N2CC[C@@H]3OCC(=O)N[C@@H]3C2)CC1. The van der Waals surface area contributed by atoms with E-state index in [1.807, 2.05) is 0 Å². The van der Waals surface area contributed by atoms with Crippen LogP contribution >= 0.6 is 0 Å². The van der Waals surface area contributed by atoms with Gasteiger partial charge in [-0.15, -0.1) is 0 Å². The van der Waals surface area contributed by atoms with Crippen LogP contribution in [0.3, 0.4) is 0 Å². The van der Waals surface area contributed by atoms with E-state index < -0.39 is 11.9 Å². The zero-order valence-electron chi connectivity index (χ0n) is 16.8. The van der Waals surface area contributed by atoms with Gasteiger partial charge >= 0.3 is 12.2 Å². The number of aryl methyl sites for hydroxylation is 1. The van der Waals surface area contributed by atoms with Crippen LogP contribution in [0.2, 0.25) is 0 Å². The second-order valence-electron chi connectivity index (χ2n) is 8.32. The predicted molar refractivity (Wildman–Crippen MR) is 99.5 cm³/mol. The number of piperidine rings is 2. The Hall–Kier alpha value is -2.30. The fraction of sp³-hybridized carbons (Fsp3) is 0.737. The summed E-state index contributed by atoms with van der Waals surface area (Å²) in [6.07, 6.45) is -1.82. The summed E-state index contributed by atoms with van der Waals surface area (Å²) in [5.41, 5.74) is -0.308. The number of halogens is 3. The summed E-state index contributed by atoms with van der Waals surface area (Å²) in [7, 11) is 1.53. The van der Waals surface area contributed by atoms with Gasteiger partial charge in [-0.3, -0.25) is 9.48 Å². The van der Waals surface area contributed by atoms with Crippen molar-refractivity contribution in [1.29, 1.82) is 0 Å². The minimum absolute atomic E-state index is 0.0435. The maximum Gasteiger partial charge on any atom is 0.435 e. The molecule has 3 aliphatic rings. The molecule has 0 unspecified atom stereocenters. The Morgan fingerprint density at radius 3 is 2.60 bits per heavy atom. The first-order valence-electron chi connectivity index (χ1n) is 10.3. The summed E-state index contributed by atoms with van der Waals surface area (Å²) in [5.74, 6) is 0.0533. The van der Waals surface area contributed by atoms with Crippen LogP contribution in [-0.4, -0.2) is 76.5 Å². The molecule has 0 aliphatic carbocycles. The normalized spacial score (nSPS) is 25.8. The molecule has 0 saturated carbocycles. The molecule has 0 aromatic carbocycles. The molecule has 1 aromatic rings. The third-order valence-corrected chi connectivity index (χ3v) is 6.24. The largest absolute Gasteiger partial charge is 0.435 e. The summed E-state index contributed by atoms with van der Waals surface area (Å²) in [6, 6.07) is 0.892. The number of fused-ring (bicyclic) bond motifs is 1. The first-order valence-corrected chi connectivity index (χ1v) is 10.3. The minimum atomic E-state index is -4.44. The molecule has 166 valence electrons. The topological polar surface area (TPSA) is 79.7 Å². The average molecular weight is 429 g/mol. The fourth-order valence-electron chi connectivity index (χ4n) is 4.53. The molecule has 3 aliphatic heterocycles. The number of morpholine rings is 1. The molecule has 2 atom stereocenters. The van der Waals surface area contributed by atoms with Crippen molar-refractivity contribution in [2.75, 3.05) is 32.8 Å². The molecule has 3 saturated heterocycles. The highest BCUT2D eigenvalue weighted by Crippen LogP contribution is 2.30. The highest BCUT2D eigenvalue weighted by atomic mass is 19.4. The summed E-state index contributed by atoms with van der Waals surface area (Å²) in [4.78, 5) is 28.0. The van der Waals surface area contributed by atoms with Crippen LogP contribution in [0.15, 0.2) is 6.07 Å². The van der Waals surface area contributed by atoms with Gasteiger partial charge in [0.25, 0.3) is 0 Å². The van der Waals surface area contributed by atoms with Gasteiger partial charge in [0.1, 0.15) is 6.61 Å². The number of carbonyl (C=O) groups is 2. The van der Waals surface area contributed by atoms with Gasteiger partial charge < -0.3 is 19.9 Å². The van der Waals surface area contributed by atoms with Crippen LogP contribution in [0, 0.1) is 5.92 Å². The van der Waals surface area contributed by atoms with Crippen LogP contribution in [0.25, 0.3) is 0 Å². The molecule has 8 nitrogen and oxygen atoms in total. The van der Waals surface area contributed by atoms with Crippen molar-refractivity contribution in [3.05, 3.63) is 17.5 Å². The van der Waals surface area contributed by atoms with Crippen LogP contribution in [0.1, 0.15) is 30.7 Å². The fourth-order valence-corrected chi connectivity index (χ4v) is 4.53. The summed E-state index contributed by atoms with van der Waals surface area (Å²) >= 11 is 0. The number of rotatable bonds is 2. The number of ether oxygens (including phenoxy) is 1. The van der Waals surface area contributed by atoms with Crippen LogP contribution in [-0.2, 0) is 29.2 Å². The molecule has 0 radical (unpaired) electrons. The molecular weight excluding hydrogens is 403 g/mol. The monoisotopic (exact) mass is 429 g/mol. The Bertz CT molecular complexity index is 804. The molecule has 1 N–H and O–H groups in total. The molecular formula is C19H26F3N5O3. The number of carbonyl (C=O) groups excluding carboxylic acids is 2. The maximum absolute atomic E-state index is 12.9. The number of nitrogens with zero attached hydrogens (tertiary/aromatic N) is 4. The second-order valence-corrected chi connectivity index (χ2v) is 8.32. The van der Waals surface area contributed by atoms with Gasteiger partial charge in [0.15, 0.2) is 5.69 Å². The molecule has 3 fully saturated rings. The Balaban J connectivity index is 1.29. The third-order valence-electron chi connectivity index (χ3n) is 6.24. The Kier molecular flexibility index (Phi) is 5.65. The van der Waals surface area contributed by atoms with Crippen LogP contribution in [0.5, 0.6) is 0 Å². The highest BCUT2D eigenvalue weighted by Gasteiger charge is 2.38. The van der Waals surface area contributed by atoms with E-state index in [0.717, 1.165) is 18.9 Å². The molecule has 30 heavy (non-hydrogen) atoms. The molecule has 0 spiro atoms. The van der Waals surface area contributed by atoms with Crippen molar-refractivity contribution >= 4 is 11.9 Å². The number of aromatic nitrogens is 2. The Morgan fingerprint density at radius 1 is 1.23 bits per heavy atom. The standard InChI is InChI=1S/C19H26F3N5O3/c1-25-13(9-16(24-25)19(20,21)22)8-12-2-5-26(6-3-12)18(29)27-7-4-15-14(10-27)23-17(28)11-30-15/h9,12,14-15H,2-8,10-11H2,1H3,(H,23,28)/t14-,15+/m1/s1. The number of nitrogens with one attached hydrogen (secondary N) is 1. The van der Waals surface area contributed by atoms with Gasteiger partial charge in [0.2, 0.25) is 5.91 Å². The zero-order valence-corrected chi connectivity index (χ0v) is 16.8. The van der Waals surface area contributed by atoms with Gasteiger partial charge in [-0.05, 0) is 37.7 Å². The average Bonchev–Trinajstić information content (AvgIpc) is 3.08. The summed E-state index contributed by atoms with van der Waals surface area (Å²) in [5, 5.41) is 6.46. The number of alkyl halides is 3. The van der Waals surface area contributed by atoms with E-state index in [2.05, 4.69) is 10.4 Å². The predicted octanol–water partition coefficient (Wildman–Crippen LogP) is 1.40. The lowest BCUT2D eigenvalue weighted by molar-refractivity contribution is -0.141. The number of hydrogen-bond donors (Lipinski definition) is 1. The number of hydrogen-bond acceptors (Lipinski definition) is 4. The summed E-state index contributed by atoms with van der Waals surface area (Å²) < 4.78 is 45.4. The van der Waals surface area contributed by atoms with E-state index in [4.69, 9.17) is 4.74 Å². The lowest BCUT2D eigenvalue weighted by atomic mass is 9.92. The third kappa shape index (κ3) is 4.40. The van der Waals surface area contributed by atoms with Gasteiger partial charge in [-0.25, -0.2) is 4.79 Å². The van der Waals surface area contributed by atoms with E-state index in [9.17, 15) is 22.8 Å². The van der Waals surface area contributed by atoms with Gasteiger partial charge in [0.05, 0.1) is 12.1 Å². The number of likely N-dealkylation sites (tertiary alicyclic amines) is 2. The molecule has 3 amide bonds. The summed E-state index contributed by atoms with van der Waals surface area (Å²) in [6.45, 7) is 2.24. The second kappa shape index (κ2) is 8.09. The highest BCUT2D eigenvalue weighted by molar-refractivity contribution is 5.79. The number of urea groups is 1. The van der Waals surface area contributed by atoms with Gasteiger partial charge in [-0.2, -0.15) is 18.3 Å².